The van der Waals surface area contributed by atoms with E-state index in [1.807, 2.05) is 0 Å². The highest BCUT2D eigenvalue weighted by atomic mass is 32.2. The molecule has 3 unspecified atom stereocenters. The monoisotopic (exact) mass is 235 g/mol. The summed E-state index contributed by atoms with van der Waals surface area (Å²) < 4.78 is 0. The van der Waals surface area contributed by atoms with Crippen LogP contribution in [0.3, 0.4) is 0 Å². The lowest BCUT2D eigenvalue weighted by atomic mass is 10.1. The van der Waals surface area contributed by atoms with Gasteiger partial charge >= 0.3 is 0 Å². The Morgan fingerprint density at radius 1 is 1.25 bits per heavy atom. The summed E-state index contributed by atoms with van der Waals surface area (Å²) in [5, 5.41) is 4.21. The Labute approximate surface area is 103 Å². The van der Waals surface area contributed by atoms with E-state index in [9.17, 15) is 0 Å². The Bertz CT molecular complexity index is 350. The summed E-state index contributed by atoms with van der Waals surface area (Å²) >= 11 is 2.07. The van der Waals surface area contributed by atoms with E-state index in [2.05, 4.69) is 62.2 Å². The van der Waals surface area contributed by atoms with Crippen molar-refractivity contribution in [2.75, 3.05) is 7.05 Å². The van der Waals surface area contributed by atoms with E-state index in [1.54, 1.807) is 0 Å². The van der Waals surface area contributed by atoms with Crippen molar-refractivity contribution in [2.24, 2.45) is 5.92 Å². The van der Waals surface area contributed by atoms with Crippen LogP contribution >= 0.6 is 11.8 Å². The van der Waals surface area contributed by atoms with Crippen LogP contribution in [0.25, 0.3) is 0 Å². The van der Waals surface area contributed by atoms with Gasteiger partial charge in [0.05, 0.1) is 0 Å². The number of aryl methyl sites for hydroxylation is 1. The van der Waals surface area contributed by atoms with Crippen molar-refractivity contribution >= 4 is 11.8 Å². The molecule has 0 radical (unpaired) electrons. The summed E-state index contributed by atoms with van der Waals surface area (Å²) in [6.45, 7) is 4.58. The van der Waals surface area contributed by atoms with Crippen LogP contribution in [-0.2, 0) is 0 Å². The maximum atomic E-state index is 3.43. The molecule has 88 valence electrons. The van der Waals surface area contributed by atoms with Crippen LogP contribution < -0.4 is 5.32 Å². The highest BCUT2D eigenvalue weighted by molar-refractivity contribution is 8.00. The second kappa shape index (κ2) is 5.24. The molecule has 1 aromatic carbocycles. The molecule has 1 aliphatic rings. The zero-order valence-electron chi connectivity index (χ0n) is 10.4. The van der Waals surface area contributed by atoms with Crippen LogP contribution in [-0.4, -0.2) is 18.3 Å². The third kappa shape index (κ3) is 2.44. The van der Waals surface area contributed by atoms with Crippen LogP contribution in [0.5, 0.6) is 0 Å². The molecule has 3 atom stereocenters. The quantitative estimate of drug-likeness (QED) is 0.861. The summed E-state index contributed by atoms with van der Waals surface area (Å²) in [7, 11) is 2.09. The van der Waals surface area contributed by atoms with Crippen LogP contribution in [0.15, 0.2) is 29.2 Å². The van der Waals surface area contributed by atoms with Crippen molar-refractivity contribution in [2.45, 2.75) is 42.9 Å². The van der Waals surface area contributed by atoms with E-state index >= 15 is 0 Å². The third-order valence-electron chi connectivity index (χ3n) is 3.73. The molecular weight excluding hydrogens is 214 g/mol. The Balaban J connectivity index is 2.04. The molecule has 0 aromatic heterocycles. The van der Waals surface area contributed by atoms with Gasteiger partial charge in [-0.1, -0.05) is 25.1 Å². The maximum Gasteiger partial charge on any atom is 0.0135 e. The first-order valence-electron chi connectivity index (χ1n) is 6.12. The maximum absolute atomic E-state index is 3.43. The molecule has 1 aliphatic carbocycles. The van der Waals surface area contributed by atoms with Crippen molar-refractivity contribution in [1.82, 2.24) is 5.32 Å². The zero-order valence-corrected chi connectivity index (χ0v) is 11.2. The fraction of sp³-hybridized carbons (Fsp3) is 0.571. The minimum absolute atomic E-state index is 0.710. The van der Waals surface area contributed by atoms with Crippen LogP contribution in [0.1, 0.15) is 25.3 Å². The predicted molar refractivity (Wildman–Crippen MR) is 72.1 cm³/mol. The number of rotatable bonds is 3. The fourth-order valence-corrected chi connectivity index (χ4v) is 3.95. The summed E-state index contributed by atoms with van der Waals surface area (Å²) in [5.74, 6) is 0.773. The number of hydrogen-bond acceptors (Lipinski definition) is 2. The van der Waals surface area contributed by atoms with Crippen LogP contribution in [0.2, 0.25) is 0 Å². The van der Waals surface area contributed by atoms with Gasteiger partial charge in [0, 0.05) is 16.2 Å². The first kappa shape index (κ1) is 12.0. The highest BCUT2D eigenvalue weighted by Gasteiger charge is 2.32. The van der Waals surface area contributed by atoms with Gasteiger partial charge in [-0.05, 0) is 44.4 Å². The van der Waals surface area contributed by atoms with Gasteiger partial charge in [0.2, 0.25) is 0 Å². The average Bonchev–Trinajstić information content (AvgIpc) is 2.63. The summed E-state index contributed by atoms with van der Waals surface area (Å²) in [6, 6.07) is 9.43. The van der Waals surface area contributed by atoms with E-state index in [1.165, 1.54) is 23.3 Å². The summed E-state index contributed by atoms with van der Waals surface area (Å²) in [4.78, 5) is 1.45. The molecule has 2 heteroatoms. The number of benzene rings is 1. The highest BCUT2D eigenvalue weighted by Crippen LogP contribution is 2.39. The summed E-state index contributed by atoms with van der Waals surface area (Å²) in [5.41, 5.74) is 1.41. The van der Waals surface area contributed by atoms with Crippen molar-refractivity contribution in [3.8, 4) is 0 Å². The molecule has 1 nitrogen and oxygen atoms in total. The van der Waals surface area contributed by atoms with E-state index < -0.39 is 0 Å². The molecule has 0 spiro atoms. The number of hydrogen-bond donors (Lipinski definition) is 1. The Kier molecular flexibility index (Phi) is 3.93. The van der Waals surface area contributed by atoms with Crippen LogP contribution in [0.4, 0.5) is 0 Å². The Morgan fingerprint density at radius 3 is 2.62 bits per heavy atom. The van der Waals surface area contributed by atoms with Gasteiger partial charge in [-0.3, -0.25) is 0 Å². The molecule has 0 heterocycles. The van der Waals surface area contributed by atoms with Gasteiger partial charge in [-0.2, -0.15) is 0 Å². The molecule has 1 N–H and O–H groups in total. The van der Waals surface area contributed by atoms with Gasteiger partial charge in [0.15, 0.2) is 0 Å². The van der Waals surface area contributed by atoms with Crippen LogP contribution in [0, 0.1) is 12.8 Å². The largest absolute Gasteiger partial charge is 0.317 e. The molecule has 0 aliphatic heterocycles. The number of thioether (sulfide) groups is 1. The predicted octanol–water partition coefficient (Wildman–Crippen LogP) is 3.47. The smallest absolute Gasteiger partial charge is 0.0135 e. The minimum atomic E-state index is 0.710. The first-order chi connectivity index (χ1) is 7.72. The van der Waals surface area contributed by atoms with E-state index in [0.29, 0.717) is 6.04 Å². The summed E-state index contributed by atoms with van der Waals surface area (Å²) in [6.07, 6.45) is 2.66. The van der Waals surface area contributed by atoms with Gasteiger partial charge in [0.25, 0.3) is 0 Å². The van der Waals surface area contributed by atoms with Gasteiger partial charge < -0.3 is 5.32 Å². The fourth-order valence-electron chi connectivity index (χ4n) is 2.55. The van der Waals surface area contributed by atoms with Gasteiger partial charge in [-0.25, -0.2) is 0 Å². The topological polar surface area (TPSA) is 12.0 Å². The molecule has 2 rings (SSSR count). The molecule has 1 saturated carbocycles. The molecule has 0 amide bonds. The normalized spacial score (nSPS) is 29.6. The second-order valence-corrected chi connectivity index (χ2v) is 6.03. The lowest BCUT2D eigenvalue weighted by Gasteiger charge is -2.20. The number of nitrogens with one attached hydrogen (secondary N) is 1. The minimum Gasteiger partial charge on any atom is -0.317 e. The Morgan fingerprint density at radius 2 is 2.00 bits per heavy atom. The van der Waals surface area contributed by atoms with Crippen molar-refractivity contribution in [3.63, 3.8) is 0 Å². The van der Waals surface area contributed by atoms with E-state index in [0.717, 1.165) is 11.2 Å². The van der Waals surface area contributed by atoms with Gasteiger partial charge in [-0.15, -0.1) is 11.8 Å². The third-order valence-corrected chi connectivity index (χ3v) is 5.41. The SMILES string of the molecule is CNC1CCC(Sc2ccccc2C)C1C. The lowest BCUT2D eigenvalue weighted by Crippen LogP contribution is -2.30. The van der Waals surface area contributed by atoms with Crippen molar-refractivity contribution < 1.29 is 0 Å². The zero-order chi connectivity index (χ0) is 11.5. The van der Waals surface area contributed by atoms with Crippen molar-refractivity contribution in [1.29, 1.82) is 0 Å². The Hall–Kier alpha value is -0.470. The second-order valence-electron chi connectivity index (χ2n) is 4.75. The standard InChI is InChI=1S/C14H21NS/c1-10-6-4-5-7-13(10)16-14-9-8-12(15-3)11(14)2/h4-7,11-12,14-15H,8-9H2,1-3H3. The molecule has 16 heavy (non-hydrogen) atoms. The molecule has 0 bridgehead atoms. The molecular formula is C14H21NS. The molecule has 0 saturated heterocycles. The molecule has 1 aromatic rings. The lowest BCUT2D eigenvalue weighted by molar-refractivity contribution is 0.464. The molecule has 1 fully saturated rings. The van der Waals surface area contributed by atoms with E-state index in [4.69, 9.17) is 0 Å². The van der Waals surface area contributed by atoms with Crippen molar-refractivity contribution in [3.05, 3.63) is 29.8 Å². The first-order valence-corrected chi connectivity index (χ1v) is 7.00. The van der Waals surface area contributed by atoms with Gasteiger partial charge in [0.1, 0.15) is 0 Å². The van der Waals surface area contributed by atoms with E-state index in [-0.39, 0.29) is 0 Å². The average molecular weight is 235 g/mol.